The molecule has 0 fully saturated rings. The lowest BCUT2D eigenvalue weighted by Gasteiger charge is -2.22. The van der Waals surface area contributed by atoms with Gasteiger partial charge in [-0.2, -0.15) is 0 Å². The first-order chi connectivity index (χ1) is 11.5. The molecule has 0 saturated carbocycles. The Kier molecular flexibility index (Phi) is 8.71. The summed E-state index contributed by atoms with van der Waals surface area (Å²) in [6, 6.07) is 14.9. The largest absolute Gasteiger partial charge is 0.366 e. The highest BCUT2D eigenvalue weighted by molar-refractivity contribution is 14.0. The number of nitrogens with two attached hydrogens (primary N) is 1. The van der Waals surface area contributed by atoms with Gasteiger partial charge in [0.1, 0.15) is 0 Å². The molecular formula is C18H22ClIN4O. The molecule has 2 aromatic rings. The first kappa shape index (κ1) is 21.2. The predicted molar refractivity (Wildman–Crippen MR) is 113 cm³/mol. The average molecular weight is 473 g/mol. The molecule has 0 saturated heterocycles. The SMILES string of the molecule is CN=C(NCc1ccc(C(N)=O)cc1)N(C)Cc1ccccc1Cl.I. The summed E-state index contributed by atoms with van der Waals surface area (Å²) in [5, 5.41) is 4.03. The van der Waals surface area contributed by atoms with E-state index in [9.17, 15) is 4.79 Å². The number of rotatable bonds is 5. The highest BCUT2D eigenvalue weighted by Gasteiger charge is 2.09. The molecule has 0 heterocycles. The Hall–Kier alpha value is -1.80. The Morgan fingerprint density at radius 3 is 2.40 bits per heavy atom. The van der Waals surface area contributed by atoms with Crippen molar-refractivity contribution in [2.45, 2.75) is 13.1 Å². The Labute approximate surface area is 170 Å². The van der Waals surface area contributed by atoms with Crippen molar-refractivity contribution in [1.82, 2.24) is 10.2 Å². The van der Waals surface area contributed by atoms with E-state index in [1.807, 2.05) is 48.3 Å². The molecular weight excluding hydrogens is 451 g/mol. The lowest BCUT2D eigenvalue weighted by atomic mass is 10.1. The van der Waals surface area contributed by atoms with Crippen molar-refractivity contribution in [2.24, 2.45) is 10.7 Å². The van der Waals surface area contributed by atoms with Crippen LogP contribution in [-0.2, 0) is 13.1 Å². The van der Waals surface area contributed by atoms with Gasteiger partial charge in [-0.05, 0) is 29.3 Å². The monoisotopic (exact) mass is 472 g/mol. The zero-order valence-corrected chi connectivity index (χ0v) is 17.3. The highest BCUT2D eigenvalue weighted by atomic mass is 127. The van der Waals surface area contributed by atoms with E-state index in [4.69, 9.17) is 17.3 Å². The number of amides is 1. The van der Waals surface area contributed by atoms with E-state index in [1.54, 1.807) is 19.2 Å². The molecule has 1 amide bonds. The fourth-order valence-corrected chi connectivity index (χ4v) is 2.51. The van der Waals surface area contributed by atoms with Gasteiger partial charge >= 0.3 is 0 Å². The zero-order valence-electron chi connectivity index (χ0n) is 14.2. The Balaban J connectivity index is 0.00000312. The number of nitrogens with zero attached hydrogens (tertiary/aromatic N) is 2. The predicted octanol–water partition coefficient (Wildman–Crippen LogP) is 3.26. The summed E-state index contributed by atoms with van der Waals surface area (Å²) in [5.41, 5.74) is 7.81. The fourth-order valence-electron chi connectivity index (χ4n) is 2.31. The van der Waals surface area contributed by atoms with Crippen LogP contribution in [0.2, 0.25) is 5.02 Å². The molecule has 0 aliphatic heterocycles. The summed E-state index contributed by atoms with van der Waals surface area (Å²) < 4.78 is 0. The third kappa shape index (κ3) is 6.21. The third-order valence-electron chi connectivity index (χ3n) is 3.63. The first-order valence-electron chi connectivity index (χ1n) is 7.55. The van der Waals surface area contributed by atoms with Crippen LogP contribution in [0.5, 0.6) is 0 Å². The van der Waals surface area contributed by atoms with Gasteiger partial charge in [0.15, 0.2) is 5.96 Å². The number of halogens is 2. The van der Waals surface area contributed by atoms with E-state index in [-0.39, 0.29) is 24.0 Å². The van der Waals surface area contributed by atoms with Crippen molar-refractivity contribution in [3.63, 3.8) is 0 Å². The molecule has 3 N–H and O–H groups in total. The van der Waals surface area contributed by atoms with Gasteiger partial charge in [-0.25, -0.2) is 0 Å². The summed E-state index contributed by atoms with van der Waals surface area (Å²) >= 11 is 6.20. The molecule has 2 rings (SSSR count). The van der Waals surface area contributed by atoms with Crippen molar-refractivity contribution in [3.05, 3.63) is 70.2 Å². The van der Waals surface area contributed by atoms with Crippen molar-refractivity contribution < 1.29 is 4.79 Å². The summed E-state index contributed by atoms with van der Waals surface area (Å²) in [4.78, 5) is 17.4. The van der Waals surface area contributed by atoms with Crippen LogP contribution in [0.25, 0.3) is 0 Å². The average Bonchev–Trinajstić information content (AvgIpc) is 2.58. The minimum atomic E-state index is -0.426. The van der Waals surface area contributed by atoms with Crippen LogP contribution in [0.15, 0.2) is 53.5 Å². The molecule has 0 aromatic heterocycles. The molecule has 134 valence electrons. The maximum atomic E-state index is 11.1. The number of carbonyl (C=O) groups excluding carboxylic acids is 1. The summed E-state index contributed by atoms with van der Waals surface area (Å²) in [6.45, 7) is 1.25. The number of hydrogen-bond donors (Lipinski definition) is 2. The van der Waals surface area contributed by atoms with Crippen molar-refractivity contribution in [1.29, 1.82) is 0 Å². The molecule has 0 aliphatic carbocycles. The fraction of sp³-hybridized carbons (Fsp3) is 0.222. The standard InChI is InChI=1S/C18H21ClN4O.HI/c1-21-18(23(2)12-15-5-3-4-6-16(15)19)22-11-13-7-9-14(10-8-13)17(20)24;/h3-10H,11-12H2,1-2H3,(H2,20,24)(H,21,22);1H. The van der Waals surface area contributed by atoms with E-state index in [0.717, 1.165) is 22.1 Å². The maximum absolute atomic E-state index is 11.1. The smallest absolute Gasteiger partial charge is 0.248 e. The summed E-state index contributed by atoms with van der Waals surface area (Å²) in [6.07, 6.45) is 0. The van der Waals surface area contributed by atoms with Crippen LogP contribution in [0.3, 0.4) is 0 Å². The lowest BCUT2D eigenvalue weighted by Crippen LogP contribution is -2.38. The summed E-state index contributed by atoms with van der Waals surface area (Å²) in [5.74, 6) is 0.332. The number of nitrogens with one attached hydrogen (secondary N) is 1. The topological polar surface area (TPSA) is 70.7 Å². The molecule has 0 unspecified atom stereocenters. The van der Waals surface area contributed by atoms with Crippen LogP contribution >= 0.6 is 35.6 Å². The minimum Gasteiger partial charge on any atom is -0.366 e. The van der Waals surface area contributed by atoms with Gasteiger partial charge in [-0.1, -0.05) is 41.9 Å². The third-order valence-corrected chi connectivity index (χ3v) is 4.00. The number of carbonyl (C=O) groups is 1. The van der Waals surface area contributed by atoms with Gasteiger partial charge in [0.05, 0.1) is 0 Å². The van der Waals surface area contributed by atoms with Crippen LogP contribution < -0.4 is 11.1 Å². The second-order valence-electron chi connectivity index (χ2n) is 5.41. The molecule has 2 aromatic carbocycles. The molecule has 0 radical (unpaired) electrons. The second-order valence-corrected chi connectivity index (χ2v) is 5.82. The number of aliphatic imine (C=N–C) groups is 1. The molecule has 0 atom stereocenters. The molecule has 0 bridgehead atoms. The zero-order chi connectivity index (χ0) is 17.5. The number of guanidine groups is 1. The number of hydrogen-bond acceptors (Lipinski definition) is 2. The molecule has 0 spiro atoms. The molecule has 25 heavy (non-hydrogen) atoms. The van der Waals surface area contributed by atoms with Crippen LogP contribution in [-0.4, -0.2) is 30.9 Å². The Morgan fingerprint density at radius 1 is 1.20 bits per heavy atom. The normalized spacial score (nSPS) is 10.8. The van der Waals surface area contributed by atoms with Gasteiger partial charge in [0.25, 0.3) is 0 Å². The molecule has 5 nitrogen and oxygen atoms in total. The van der Waals surface area contributed by atoms with Gasteiger partial charge in [0.2, 0.25) is 5.91 Å². The maximum Gasteiger partial charge on any atom is 0.248 e. The Morgan fingerprint density at radius 2 is 1.84 bits per heavy atom. The van der Waals surface area contributed by atoms with Crippen molar-refractivity contribution in [2.75, 3.05) is 14.1 Å². The van der Waals surface area contributed by atoms with E-state index in [0.29, 0.717) is 18.7 Å². The van der Waals surface area contributed by atoms with Crippen molar-refractivity contribution >= 4 is 47.4 Å². The quantitative estimate of drug-likeness (QED) is 0.399. The van der Waals surface area contributed by atoms with Crippen LogP contribution in [0.4, 0.5) is 0 Å². The van der Waals surface area contributed by atoms with E-state index >= 15 is 0 Å². The van der Waals surface area contributed by atoms with Gasteiger partial charge in [0, 0.05) is 37.8 Å². The molecule has 0 aliphatic rings. The van der Waals surface area contributed by atoms with Crippen molar-refractivity contribution in [3.8, 4) is 0 Å². The highest BCUT2D eigenvalue weighted by Crippen LogP contribution is 2.16. The second kappa shape index (κ2) is 10.2. The van der Waals surface area contributed by atoms with Gasteiger partial charge in [-0.3, -0.25) is 9.79 Å². The van der Waals surface area contributed by atoms with E-state index in [2.05, 4.69) is 10.3 Å². The summed E-state index contributed by atoms with van der Waals surface area (Å²) in [7, 11) is 3.69. The number of benzene rings is 2. The van der Waals surface area contributed by atoms with E-state index < -0.39 is 5.91 Å². The lowest BCUT2D eigenvalue weighted by molar-refractivity contribution is 0.100. The van der Waals surface area contributed by atoms with Gasteiger partial charge in [-0.15, -0.1) is 24.0 Å². The number of primary amides is 1. The molecule has 7 heteroatoms. The van der Waals surface area contributed by atoms with E-state index in [1.165, 1.54) is 0 Å². The van der Waals surface area contributed by atoms with Crippen LogP contribution in [0.1, 0.15) is 21.5 Å². The van der Waals surface area contributed by atoms with Gasteiger partial charge < -0.3 is 16.0 Å². The first-order valence-corrected chi connectivity index (χ1v) is 7.93. The minimum absolute atomic E-state index is 0. The Bertz CT molecular complexity index is 734. The van der Waals surface area contributed by atoms with Crippen LogP contribution in [0, 0.1) is 0 Å².